The van der Waals surface area contributed by atoms with Crippen molar-refractivity contribution in [3.8, 4) is 0 Å². The number of pyridine rings is 1. The number of benzene rings is 1. The van der Waals surface area contributed by atoms with Crippen molar-refractivity contribution in [3.05, 3.63) is 63.3 Å². The van der Waals surface area contributed by atoms with E-state index in [-0.39, 0.29) is 11.9 Å². The third-order valence-electron chi connectivity index (χ3n) is 2.73. The molecule has 5 heteroatoms. The van der Waals surface area contributed by atoms with E-state index >= 15 is 0 Å². The fraction of sp³-hybridized carbons (Fsp3) is 0.143. The van der Waals surface area contributed by atoms with Gasteiger partial charge in [0.2, 0.25) is 0 Å². The van der Waals surface area contributed by atoms with E-state index in [2.05, 4.69) is 26.2 Å². The normalized spacial score (nSPS) is 11.9. The van der Waals surface area contributed by atoms with E-state index in [1.807, 2.05) is 31.2 Å². The molecular formula is C14H12BrClN2O. The fourth-order valence-electron chi connectivity index (χ4n) is 1.67. The Balaban J connectivity index is 2.11. The number of amides is 1. The maximum atomic E-state index is 12.1. The molecule has 1 aromatic carbocycles. The van der Waals surface area contributed by atoms with Gasteiger partial charge in [0.15, 0.2) is 0 Å². The molecule has 0 aliphatic carbocycles. The van der Waals surface area contributed by atoms with Gasteiger partial charge in [-0.15, -0.1) is 0 Å². The van der Waals surface area contributed by atoms with Gasteiger partial charge in [-0.3, -0.25) is 9.78 Å². The molecule has 2 aromatic rings. The van der Waals surface area contributed by atoms with Crippen molar-refractivity contribution in [2.75, 3.05) is 0 Å². The molecule has 2 rings (SSSR count). The van der Waals surface area contributed by atoms with Crippen molar-refractivity contribution < 1.29 is 4.79 Å². The first kappa shape index (κ1) is 14.0. The van der Waals surface area contributed by atoms with Crippen LogP contribution in [0, 0.1) is 0 Å². The number of nitrogens with zero attached hydrogens (tertiary/aromatic N) is 1. The van der Waals surface area contributed by atoms with Crippen molar-refractivity contribution in [1.82, 2.24) is 10.3 Å². The van der Waals surface area contributed by atoms with Crippen LogP contribution in [0.1, 0.15) is 28.9 Å². The van der Waals surface area contributed by atoms with Crippen LogP contribution in [-0.4, -0.2) is 10.9 Å². The summed E-state index contributed by atoms with van der Waals surface area (Å²) < 4.78 is 1.01. The average molecular weight is 340 g/mol. The van der Waals surface area contributed by atoms with Crippen LogP contribution in [0.5, 0.6) is 0 Å². The molecule has 0 aliphatic heterocycles. The zero-order valence-corrected chi connectivity index (χ0v) is 12.6. The van der Waals surface area contributed by atoms with Crippen LogP contribution in [0.3, 0.4) is 0 Å². The predicted octanol–water partition coefficient (Wildman–Crippen LogP) is 3.99. The number of nitrogens with one attached hydrogen (secondary N) is 1. The highest BCUT2D eigenvalue weighted by Crippen LogP contribution is 2.18. The molecule has 0 spiro atoms. The first-order valence-corrected chi connectivity index (χ1v) is 6.91. The molecule has 1 heterocycles. The van der Waals surface area contributed by atoms with Crippen molar-refractivity contribution >= 4 is 33.4 Å². The van der Waals surface area contributed by atoms with Gasteiger partial charge in [0, 0.05) is 16.9 Å². The van der Waals surface area contributed by atoms with Crippen LogP contribution in [0.15, 0.2) is 47.2 Å². The lowest BCUT2D eigenvalue weighted by atomic mass is 10.1. The van der Waals surface area contributed by atoms with Gasteiger partial charge in [0.05, 0.1) is 16.6 Å². The van der Waals surface area contributed by atoms with Crippen molar-refractivity contribution in [2.24, 2.45) is 0 Å². The van der Waals surface area contributed by atoms with Gasteiger partial charge in [0.25, 0.3) is 5.91 Å². The maximum absolute atomic E-state index is 12.1. The number of carbonyl (C=O) groups excluding carboxylic acids is 1. The molecule has 19 heavy (non-hydrogen) atoms. The monoisotopic (exact) mass is 338 g/mol. The van der Waals surface area contributed by atoms with Crippen LogP contribution in [0.2, 0.25) is 5.02 Å². The molecule has 1 aromatic heterocycles. The summed E-state index contributed by atoms with van der Waals surface area (Å²) in [5.41, 5.74) is 1.46. The van der Waals surface area contributed by atoms with Crippen LogP contribution in [-0.2, 0) is 0 Å². The molecule has 0 saturated heterocycles. The Morgan fingerprint density at radius 1 is 1.32 bits per heavy atom. The Morgan fingerprint density at radius 3 is 2.63 bits per heavy atom. The number of rotatable bonds is 3. The topological polar surface area (TPSA) is 42.0 Å². The molecule has 1 amide bonds. The number of hydrogen-bond acceptors (Lipinski definition) is 2. The second kappa shape index (κ2) is 6.17. The Morgan fingerprint density at radius 2 is 2.00 bits per heavy atom. The summed E-state index contributed by atoms with van der Waals surface area (Å²) in [5.74, 6) is -0.206. The first-order valence-electron chi connectivity index (χ1n) is 5.74. The SMILES string of the molecule is CC(NC(=O)c1ccncc1Cl)c1ccc(Br)cc1. The molecule has 98 valence electrons. The summed E-state index contributed by atoms with van der Waals surface area (Å²) in [6, 6.07) is 9.32. The van der Waals surface area contributed by atoms with Gasteiger partial charge >= 0.3 is 0 Å². The second-order valence-corrected chi connectivity index (χ2v) is 5.43. The highest BCUT2D eigenvalue weighted by atomic mass is 79.9. The van der Waals surface area contributed by atoms with Crippen molar-refractivity contribution in [3.63, 3.8) is 0 Å². The molecule has 1 unspecified atom stereocenters. The molecule has 0 fully saturated rings. The second-order valence-electron chi connectivity index (χ2n) is 4.10. The predicted molar refractivity (Wildman–Crippen MR) is 79.3 cm³/mol. The molecule has 1 N–H and O–H groups in total. The fourth-order valence-corrected chi connectivity index (χ4v) is 2.14. The minimum Gasteiger partial charge on any atom is -0.345 e. The minimum atomic E-state index is -0.206. The molecular weight excluding hydrogens is 328 g/mol. The van der Waals surface area contributed by atoms with E-state index in [1.54, 1.807) is 12.3 Å². The lowest BCUT2D eigenvalue weighted by molar-refractivity contribution is 0.0940. The van der Waals surface area contributed by atoms with E-state index in [1.165, 1.54) is 6.20 Å². The van der Waals surface area contributed by atoms with E-state index in [9.17, 15) is 4.79 Å². The smallest absolute Gasteiger partial charge is 0.253 e. The summed E-state index contributed by atoms with van der Waals surface area (Å²) in [5, 5.41) is 3.26. The third kappa shape index (κ3) is 3.55. The summed E-state index contributed by atoms with van der Waals surface area (Å²) in [6.45, 7) is 1.93. The quantitative estimate of drug-likeness (QED) is 0.918. The van der Waals surface area contributed by atoms with E-state index in [0.717, 1.165) is 10.0 Å². The maximum Gasteiger partial charge on any atom is 0.253 e. The van der Waals surface area contributed by atoms with Gasteiger partial charge in [-0.1, -0.05) is 39.7 Å². The summed E-state index contributed by atoms with van der Waals surface area (Å²) in [6.07, 6.45) is 3.01. The third-order valence-corrected chi connectivity index (χ3v) is 3.56. The number of aromatic nitrogens is 1. The minimum absolute atomic E-state index is 0.0927. The summed E-state index contributed by atoms with van der Waals surface area (Å²) >= 11 is 9.32. The van der Waals surface area contributed by atoms with Crippen LogP contribution in [0.25, 0.3) is 0 Å². The molecule has 0 saturated carbocycles. The molecule has 0 aliphatic rings. The Hall–Kier alpha value is -1.39. The largest absolute Gasteiger partial charge is 0.345 e. The first-order chi connectivity index (χ1) is 9.08. The van der Waals surface area contributed by atoms with Gasteiger partial charge in [-0.25, -0.2) is 0 Å². The summed E-state index contributed by atoms with van der Waals surface area (Å²) in [4.78, 5) is 15.9. The average Bonchev–Trinajstić information content (AvgIpc) is 2.39. The Labute approximate surface area is 125 Å². The molecule has 1 atom stereocenters. The molecule has 0 bridgehead atoms. The van der Waals surface area contributed by atoms with Crippen molar-refractivity contribution in [1.29, 1.82) is 0 Å². The van der Waals surface area contributed by atoms with E-state index in [4.69, 9.17) is 11.6 Å². The zero-order chi connectivity index (χ0) is 13.8. The van der Waals surface area contributed by atoms with Gasteiger partial charge in [0.1, 0.15) is 0 Å². The van der Waals surface area contributed by atoms with Crippen LogP contribution >= 0.6 is 27.5 Å². The van der Waals surface area contributed by atoms with Gasteiger partial charge < -0.3 is 5.32 Å². The number of hydrogen-bond donors (Lipinski definition) is 1. The van der Waals surface area contributed by atoms with E-state index in [0.29, 0.717) is 10.6 Å². The molecule has 0 radical (unpaired) electrons. The zero-order valence-electron chi connectivity index (χ0n) is 10.2. The standard InChI is InChI=1S/C14H12BrClN2O/c1-9(10-2-4-11(15)5-3-10)18-14(19)12-6-7-17-8-13(12)16/h2-9H,1H3,(H,18,19). The number of carbonyl (C=O) groups is 1. The molecule has 3 nitrogen and oxygen atoms in total. The lowest BCUT2D eigenvalue weighted by Gasteiger charge is -2.15. The van der Waals surface area contributed by atoms with Crippen molar-refractivity contribution in [2.45, 2.75) is 13.0 Å². The van der Waals surface area contributed by atoms with Crippen LogP contribution < -0.4 is 5.32 Å². The lowest BCUT2D eigenvalue weighted by Crippen LogP contribution is -2.26. The highest BCUT2D eigenvalue weighted by molar-refractivity contribution is 9.10. The Kier molecular flexibility index (Phi) is 4.56. The van der Waals surface area contributed by atoms with Crippen LogP contribution in [0.4, 0.5) is 0 Å². The van der Waals surface area contributed by atoms with E-state index < -0.39 is 0 Å². The number of halogens is 2. The summed E-state index contributed by atoms with van der Waals surface area (Å²) in [7, 11) is 0. The Bertz CT molecular complexity index is 586. The highest BCUT2D eigenvalue weighted by Gasteiger charge is 2.13. The van der Waals surface area contributed by atoms with Gasteiger partial charge in [-0.2, -0.15) is 0 Å². The van der Waals surface area contributed by atoms with Gasteiger partial charge in [-0.05, 0) is 30.7 Å².